The molecule has 1 aromatic carbocycles. The minimum Gasteiger partial charge on any atom is -0.371 e. The molecule has 1 atom stereocenters. The lowest BCUT2D eigenvalue weighted by Crippen LogP contribution is -2.28. The quantitative estimate of drug-likeness (QED) is 0.865. The van der Waals surface area contributed by atoms with E-state index in [0.29, 0.717) is 12.1 Å². The van der Waals surface area contributed by atoms with Gasteiger partial charge in [-0.2, -0.15) is 5.10 Å². The van der Waals surface area contributed by atoms with Crippen LogP contribution in [0.15, 0.2) is 18.5 Å². The number of amides is 2. The van der Waals surface area contributed by atoms with Crippen molar-refractivity contribution in [1.82, 2.24) is 14.8 Å². The second-order valence-corrected chi connectivity index (χ2v) is 6.75. The van der Waals surface area contributed by atoms with Crippen molar-refractivity contribution in [3.63, 3.8) is 0 Å². The molecule has 2 aliphatic rings. The third kappa shape index (κ3) is 2.71. The Morgan fingerprint density at radius 3 is 2.81 bits per heavy atom. The van der Waals surface area contributed by atoms with Crippen LogP contribution in [-0.2, 0) is 11.3 Å². The van der Waals surface area contributed by atoms with E-state index in [2.05, 4.69) is 20.3 Å². The van der Waals surface area contributed by atoms with E-state index >= 15 is 0 Å². The highest BCUT2D eigenvalue weighted by molar-refractivity contribution is 6.02. The highest BCUT2D eigenvalue weighted by atomic mass is 16.2. The van der Waals surface area contributed by atoms with Crippen molar-refractivity contribution in [3.8, 4) is 0 Å². The van der Waals surface area contributed by atoms with Crippen LogP contribution in [0.1, 0.15) is 53.8 Å². The van der Waals surface area contributed by atoms with Crippen molar-refractivity contribution in [2.45, 2.75) is 38.6 Å². The standard InChI is InChI=1S/C18H22N6O2/c1-2-24-18(20-10-21-24)12-8-16(25)22-14-9-15(23-5-3-4-6-23)13(17(19)26)7-11(12)14/h7,9-10,12H,2-6,8H2,1H3,(H2,19,26)(H,22,25). The third-order valence-electron chi connectivity index (χ3n) is 5.18. The maximum atomic E-state index is 12.3. The number of hydrogen-bond acceptors (Lipinski definition) is 5. The van der Waals surface area contributed by atoms with Gasteiger partial charge < -0.3 is 16.0 Å². The van der Waals surface area contributed by atoms with Crippen LogP contribution in [-0.4, -0.2) is 39.7 Å². The van der Waals surface area contributed by atoms with Crippen molar-refractivity contribution >= 4 is 23.2 Å². The number of carbonyl (C=O) groups is 2. The normalized spacial score (nSPS) is 19.3. The summed E-state index contributed by atoms with van der Waals surface area (Å²) in [7, 11) is 0. The number of aryl methyl sites for hydroxylation is 1. The number of carbonyl (C=O) groups excluding carboxylic acids is 2. The van der Waals surface area contributed by atoms with E-state index in [1.807, 2.05) is 19.1 Å². The number of fused-ring (bicyclic) bond motifs is 1. The third-order valence-corrected chi connectivity index (χ3v) is 5.18. The fourth-order valence-corrected chi connectivity index (χ4v) is 3.93. The van der Waals surface area contributed by atoms with E-state index in [-0.39, 0.29) is 18.2 Å². The van der Waals surface area contributed by atoms with Crippen molar-refractivity contribution in [3.05, 3.63) is 35.4 Å². The van der Waals surface area contributed by atoms with Gasteiger partial charge in [0, 0.05) is 31.7 Å². The zero-order valence-electron chi connectivity index (χ0n) is 14.7. The summed E-state index contributed by atoms with van der Waals surface area (Å²) in [4.78, 5) is 30.9. The molecule has 2 amide bonds. The Balaban J connectivity index is 1.86. The van der Waals surface area contributed by atoms with E-state index in [1.54, 1.807) is 4.68 Å². The Hall–Kier alpha value is -2.90. The van der Waals surface area contributed by atoms with Gasteiger partial charge in [0.05, 0.1) is 17.2 Å². The predicted molar refractivity (Wildman–Crippen MR) is 97.2 cm³/mol. The number of anilines is 2. The molecule has 8 nitrogen and oxygen atoms in total. The second kappa shape index (κ2) is 6.44. The first-order valence-corrected chi connectivity index (χ1v) is 8.98. The molecule has 1 aromatic heterocycles. The monoisotopic (exact) mass is 354 g/mol. The van der Waals surface area contributed by atoms with Crippen molar-refractivity contribution in [2.75, 3.05) is 23.3 Å². The van der Waals surface area contributed by atoms with Gasteiger partial charge in [0.1, 0.15) is 12.2 Å². The Labute approximate surface area is 151 Å². The molecule has 1 fully saturated rings. The molecule has 26 heavy (non-hydrogen) atoms. The smallest absolute Gasteiger partial charge is 0.250 e. The maximum Gasteiger partial charge on any atom is 0.250 e. The molecule has 0 saturated carbocycles. The average Bonchev–Trinajstić information content (AvgIpc) is 3.31. The van der Waals surface area contributed by atoms with Gasteiger partial charge >= 0.3 is 0 Å². The summed E-state index contributed by atoms with van der Waals surface area (Å²) < 4.78 is 1.78. The molecule has 8 heteroatoms. The first-order valence-electron chi connectivity index (χ1n) is 8.98. The molecule has 4 rings (SSSR count). The van der Waals surface area contributed by atoms with Crippen LogP contribution in [0, 0.1) is 0 Å². The van der Waals surface area contributed by atoms with Crippen LogP contribution >= 0.6 is 0 Å². The highest BCUT2D eigenvalue weighted by Crippen LogP contribution is 2.40. The molecule has 1 unspecified atom stereocenters. The van der Waals surface area contributed by atoms with Crippen LogP contribution in [0.25, 0.3) is 0 Å². The summed E-state index contributed by atoms with van der Waals surface area (Å²) >= 11 is 0. The lowest BCUT2D eigenvalue weighted by Gasteiger charge is -2.29. The minimum atomic E-state index is -0.456. The van der Waals surface area contributed by atoms with E-state index in [0.717, 1.165) is 48.7 Å². The molecule has 0 radical (unpaired) electrons. The summed E-state index contributed by atoms with van der Waals surface area (Å²) in [5, 5.41) is 7.16. The summed E-state index contributed by atoms with van der Waals surface area (Å²) in [6.45, 7) is 4.42. The SMILES string of the molecule is CCn1ncnc1C1CC(=O)Nc2cc(N3CCCC3)c(C(N)=O)cc21. The van der Waals surface area contributed by atoms with Gasteiger partial charge in [-0.3, -0.25) is 9.59 Å². The molecule has 3 N–H and O–H groups in total. The van der Waals surface area contributed by atoms with Gasteiger partial charge in [-0.05, 0) is 37.5 Å². The Kier molecular flexibility index (Phi) is 4.10. The topological polar surface area (TPSA) is 106 Å². The molecule has 136 valence electrons. The van der Waals surface area contributed by atoms with Crippen LogP contribution in [0.5, 0.6) is 0 Å². The summed E-state index contributed by atoms with van der Waals surface area (Å²) in [6.07, 6.45) is 3.94. The van der Waals surface area contributed by atoms with Gasteiger partial charge in [-0.1, -0.05) is 0 Å². The molecular formula is C18H22N6O2. The molecular weight excluding hydrogens is 332 g/mol. The number of nitrogens with two attached hydrogens (primary N) is 1. The van der Waals surface area contributed by atoms with Crippen molar-refractivity contribution in [1.29, 1.82) is 0 Å². The van der Waals surface area contributed by atoms with E-state index < -0.39 is 5.91 Å². The average molecular weight is 354 g/mol. The Morgan fingerprint density at radius 1 is 1.35 bits per heavy atom. The van der Waals surface area contributed by atoms with Gasteiger partial charge in [-0.25, -0.2) is 9.67 Å². The number of nitrogens with zero attached hydrogens (tertiary/aromatic N) is 4. The highest BCUT2D eigenvalue weighted by Gasteiger charge is 2.32. The summed E-state index contributed by atoms with van der Waals surface area (Å²) in [6, 6.07) is 3.71. The summed E-state index contributed by atoms with van der Waals surface area (Å²) in [5.74, 6) is -0.0328. The number of aromatic nitrogens is 3. The lowest BCUT2D eigenvalue weighted by molar-refractivity contribution is -0.116. The van der Waals surface area contributed by atoms with Crippen LogP contribution in [0.4, 0.5) is 11.4 Å². The number of nitrogens with one attached hydrogen (secondary N) is 1. The zero-order valence-corrected chi connectivity index (χ0v) is 14.7. The number of benzene rings is 1. The van der Waals surface area contributed by atoms with E-state index in [9.17, 15) is 9.59 Å². The van der Waals surface area contributed by atoms with Crippen molar-refractivity contribution in [2.24, 2.45) is 5.73 Å². The van der Waals surface area contributed by atoms with Gasteiger partial charge in [0.25, 0.3) is 5.91 Å². The van der Waals surface area contributed by atoms with Crippen LogP contribution in [0.3, 0.4) is 0 Å². The fourth-order valence-electron chi connectivity index (χ4n) is 3.93. The minimum absolute atomic E-state index is 0.0626. The van der Waals surface area contributed by atoms with Gasteiger partial charge in [0.2, 0.25) is 5.91 Å². The first-order chi connectivity index (χ1) is 12.6. The number of rotatable bonds is 4. The predicted octanol–water partition coefficient (Wildman–Crippen LogP) is 1.47. The number of hydrogen-bond donors (Lipinski definition) is 2. The molecule has 2 aliphatic heterocycles. The van der Waals surface area contributed by atoms with Gasteiger partial charge in [0.15, 0.2) is 0 Å². The maximum absolute atomic E-state index is 12.3. The van der Waals surface area contributed by atoms with E-state index in [1.165, 1.54) is 6.33 Å². The lowest BCUT2D eigenvalue weighted by atomic mass is 9.87. The van der Waals surface area contributed by atoms with Crippen LogP contribution < -0.4 is 16.0 Å². The fraction of sp³-hybridized carbons (Fsp3) is 0.444. The molecule has 3 heterocycles. The van der Waals surface area contributed by atoms with Crippen LogP contribution in [0.2, 0.25) is 0 Å². The largest absolute Gasteiger partial charge is 0.371 e. The second-order valence-electron chi connectivity index (χ2n) is 6.75. The first kappa shape index (κ1) is 16.6. The van der Waals surface area contributed by atoms with E-state index in [4.69, 9.17) is 5.73 Å². The molecule has 2 aromatic rings. The Bertz CT molecular complexity index is 869. The number of primary amides is 1. The van der Waals surface area contributed by atoms with Gasteiger partial charge in [-0.15, -0.1) is 0 Å². The molecule has 1 saturated heterocycles. The summed E-state index contributed by atoms with van der Waals surface area (Å²) in [5.41, 5.74) is 8.56. The molecule has 0 spiro atoms. The Morgan fingerprint density at radius 2 is 2.12 bits per heavy atom. The van der Waals surface area contributed by atoms with Crippen molar-refractivity contribution < 1.29 is 9.59 Å². The molecule has 0 bridgehead atoms. The molecule has 0 aliphatic carbocycles. The zero-order chi connectivity index (χ0) is 18.3.